The van der Waals surface area contributed by atoms with E-state index in [1.807, 2.05) is 0 Å². The van der Waals surface area contributed by atoms with Gasteiger partial charge in [-0.25, -0.2) is 9.59 Å². The summed E-state index contributed by atoms with van der Waals surface area (Å²) in [5.74, 6) is -0.388. The molecule has 0 aromatic heterocycles. The van der Waals surface area contributed by atoms with Crippen molar-refractivity contribution in [3.63, 3.8) is 0 Å². The summed E-state index contributed by atoms with van der Waals surface area (Å²) in [6, 6.07) is -0.00715. The quantitative estimate of drug-likeness (QED) is 0.811. The molecule has 126 valence electrons. The van der Waals surface area contributed by atoms with E-state index in [0.29, 0.717) is 12.1 Å². The van der Waals surface area contributed by atoms with Crippen LogP contribution in [0, 0.1) is 0 Å². The summed E-state index contributed by atoms with van der Waals surface area (Å²) in [5.41, 5.74) is 0. The van der Waals surface area contributed by atoms with Crippen molar-refractivity contribution in [2.24, 2.45) is 0 Å². The molecule has 2 aliphatic rings. The van der Waals surface area contributed by atoms with Gasteiger partial charge in [-0.2, -0.15) is 0 Å². The minimum absolute atomic E-state index is 0.0864. The van der Waals surface area contributed by atoms with Crippen molar-refractivity contribution in [1.82, 2.24) is 10.2 Å². The van der Waals surface area contributed by atoms with Crippen molar-refractivity contribution in [3.05, 3.63) is 0 Å². The Morgan fingerprint density at radius 2 is 1.41 bits per heavy atom. The van der Waals surface area contributed by atoms with Gasteiger partial charge in [0, 0.05) is 12.1 Å². The highest BCUT2D eigenvalue weighted by atomic mass is 16.5. The zero-order valence-electron chi connectivity index (χ0n) is 14.0. The molecule has 0 unspecified atom stereocenters. The van der Waals surface area contributed by atoms with E-state index in [9.17, 15) is 9.59 Å². The van der Waals surface area contributed by atoms with E-state index in [2.05, 4.69) is 10.2 Å². The van der Waals surface area contributed by atoms with Crippen LogP contribution in [0.3, 0.4) is 0 Å². The monoisotopic (exact) mass is 310 g/mol. The van der Waals surface area contributed by atoms with Gasteiger partial charge in [0.15, 0.2) is 0 Å². The lowest BCUT2D eigenvalue weighted by molar-refractivity contribution is -0.142. The summed E-state index contributed by atoms with van der Waals surface area (Å²) < 4.78 is 4.71. The molecule has 2 aliphatic carbocycles. The number of amides is 2. The van der Waals surface area contributed by atoms with Crippen molar-refractivity contribution < 1.29 is 14.3 Å². The van der Waals surface area contributed by atoms with Gasteiger partial charge in [0.2, 0.25) is 0 Å². The predicted octanol–water partition coefficient (Wildman–Crippen LogP) is 3.22. The Bertz CT molecular complexity index is 356. The van der Waals surface area contributed by atoms with E-state index < -0.39 is 6.04 Å². The number of carbonyl (C=O) groups excluding carboxylic acids is 2. The Kier molecular flexibility index (Phi) is 6.52. The molecule has 5 heteroatoms. The van der Waals surface area contributed by atoms with Crippen molar-refractivity contribution >= 4 is 12.0 Å². The molecule has 2 amide bonds. The number of methoxy groups -OCH3 is 1. The van der Waals surface area contributed by atoms with E-state index in [-0.39, 0.29) is 12.0 Å². The maximum absolute atomic E-state index is 12.8. The standard InChI is InChI=1S/C17H30N2O3/c1-13(16(20)22-2)18-17(21)19(14-9-5-3-6-10-14)15-11-7-4-8-12-15/h13-15H,3-12H2,1-2H3,(H,18,21)/t13-/m0/s1. The number of rotatable bonds is 4. The molecule has 0 aliphatic heterocycles. The molecule has 0 aromatic carbocycles. The van der Waals surface area contributed by atoms with Gasteiger partial charge in [0.05, 0.1) is 7.11 Å². The van der Waals surface area contributed by atoms with Crippen LogP contribution in [0.25, 0.3) is 0 Å². The van der Waals surface area contributed by atoms with Gasteiger partial charge in [-0.3, -0.25) is 0 Å². The summed E-state index contributed by atoms with van der Waals surface area (Å²) in [6.45, 7) is 1.68. The van der Waals surface area contributed by atoms with Crippen LogP contribution in [0.15, 0.2) is 0 Å². The summed E-state index contributed by atoms with van der Waals surface area (Å²) in [4.78, 5) is 26.4. The van der Waals surface area contributed by atoms with Crippen LogP contribution in [0.2, 0.25) is 0 Å². The van der Waals surface area contributed by atoms with Gasteiger partial charge in [0.25, 0.3) is 0 Å². The van der Waals surface area contributed by atoms with Crippen molar-refractivity contribution in [2.75, 3.05) is 7.11 Å². The van der Waals surface area contributed by atoms with Crippen LogP contribution in [0.1, 0.15) is 71.1 Å². The lowest BCUT2D eigenvalue weighted by atomic mass is 9.89. The van der Waals surface area contributed by atoms with Crippen LogP contribution in [0.5, 0.6) is 0 Å². The van der Waals surface area contributed by atoms with Gasteiger partial charge in [0.1, 0.15) is 6.04 Å². The van der Waals surface area contributed by atoms with Gasteiger partial charge < -0.3 is 15.0 Å². The number of hydrogen-bond acceptors (Lipinski definition) is 3. The summed E-state index contributed by atoms with van der Waals surface area (Å²) in [6.07, 6.45) is 11.7. The van der Waals surface area contributed by atoms with Gasteiger partial charge >= 0.3 is 12.0 Å². The van der Waals surface area contributed by atoms with Crippen molar-refractivity contribution in [1.29, 1.82) is 0 Å². The first kappa shape index (κ1) is 17.1. The third kappa shape index (κ3) is 4.37. The van der Waals surface area contributed by atoms with E-state index >= 15 is 0 Å². The van der Waals surface area contributed by atoms with Gasteiger partial charge in [-0.05, 0) is 32.6 Å². The van der Waals surface area contributed by atoms with Gasteiger partial charge in [-0.1, -0.05) is 38.5 Å². The molecule has 1 N–H and O–H groups in total. The Labute approximate surface area is 133 Å². The maximum atomic E-state index is 12.8. The van der Waals surface area contributed by atoms with Gasteiger partial charge in [-0.15, -0.1) is 0 Å². The lowest BCUT2D eigenvalue weighted by Crippen LogP contribution is -2.55. The lowest BCUT2D eigenvalue weighted by Gasteiger charge is -2.42. The Balaban J connectivity index is 2.04. The van der Waals surface area contributed by atoms with Crippen LogP contribution >= 0.6 is 0 Å². The Morgan fingerprint density at radius 3 is 1.82 bits per heavy atom. The third-order valence-corrected chi connectivity index (χ3v) is 5.07. The molecule has 0 aromatic rings. The molecule has 0 radical (unpaired) electrons. The normalized spacial score (nSPS) is 21.9. The fourth-order valence-corrected chi connectivity index (χ4v) is 3.84. The molecule has 22 heavy (non-hydrogen) atoms. The maximum Gasteiger partial charge on any atom is 0.328 e. The third-order valence-electron chi connectivity index (χ3n) is 5.07. The first-order valence-corrected chi connectivity index (χ1v) is 8.80. The molecular formula is C17H30N2O3. The van der Waals surface area contributed by atoms with E-state index in [1.54, 1.807) is 6.92 Å². The average Bonchev–Trinajstić information content (AvgIpc) is 2.56. The molecule has 5 nitrogen and oxygen atoms in total. The summed E-state index contributed by atoms with van der Waals surface area (Å²) >= 11 is 0. The van der Waals surface area contributed by atoms with Crippen molar-refractivity contribution in [2.45, 2.75) is 89.3 Å². The first-order chi connectivity index (χ1) is 10.6. The molecule has 0 bridgehead atoms. The first-order valence-electron chi connectivity index (χ1n) is 8.80. The number of nitrogens with one attached hydrogen (secondary N) is 1. The number of ether oxygens (including phenoxy) is 1. The molecule has 2 saturated carbocycles. The van der Waals surface area contributed by atoms with Crippen LogP contribution in [-0.2, 0) is 9.53 Å². The highest BCUT2D eigenvalue weighted by molar-refractivity contribution is 5.83. The fraction of sp³-hybridized carbons (Fsp3) is 0.882. The fourth-order valence-electron chi connectivity index (χ4n) is 3.84. The second-order valence-electron chi connectivity index (χ2n) is 6.69. The zero-order valence-corrected chi connectivity index (χ0v) is 14.0. The van der Waals surface area contributed by atoms with Crippen LogP contribution in [0.4, 0.5) is 4.79 Å². The number of esters is 1. The van der Waals surface area contributed by atoms with Crippen LogP contribution < -0.4 is 5.32 Å². The minimum atomic E-state index is -0.591. The number of urea groups is 1. The van der Waals surface area contributed by atoms with E-state index in [1.165, 1.54) is 45.6 Å². The Hall–Kier alpha value is -1.26. The number of nitrogens with zero attached hydrogens (tertiary/aromatic N) is 1. The molecule has 2 rings (SSSR count). The molecule has 0 spiro atoms. The average molecular weight is 310 g/mol. The van der Waals surface area contributed by atoms with Crippen LogP contribution in [-0.4, -0.2) is 42.1 Å². The second kappa shape index (κ2) is 8.39. The molecule has 0 heterocycles. The SMILES string of the molecule is COC(=O)[C@H](C)NC(=O)N(C1CCCCC1)C1CCCCC1. The molecular weight excluding hydrogens is 280 g/mol. The van der Waals surface area contributed by atoms with E-state index in [4.69, 9.17) is 4.74 Å². The molecule has 2 fully saturated rings. The number of carbonyl (C=O) groups is 2. The smallest absolute Gasteiger partial charge is 0.328 e. The highest BCUT2D eigenvalue weighted by Gasteiger charge is 2.33. The number of hydrogen-bond donors (Lipinski definition) is 1. The molecule has 1 atom stereocenters. The summed E-state index contributed by atoms with van der Waals surface area (Å²) in [7, 11) is 1.35. The molecule has 0 saturated heterocycles. The zero-order chi connectivity index (χ0) is 15.9. The second-order valence-corrected chi connectivity index (χ2v) is 6.69. The summed E-state index contributed by atoms with van der Waals surface area (Å²) in [5, 5.41) is 2.84. The Morgan fingerprint density at radius 1 is 0.955 bits per heavy atom. The predicted molar refractivity (Wildman–Crippen MR) is 85.6 cm³/mol. The minimum Gasteiger partial charge on any atom is -0.467 e. The highest BCUT2D eigenvalue weighted by Crippen LogP contribution is 2.30. The van der Waals surface area contributed by atoms with Crippen molar-refractivity contribution in [3.8, 4) is 0 Å². The van der Waals surface area contributed by atoms with E-state index in [0.717, 1.165) is 25.7 Å². The largest absolute Gasteiger partial charge is 0.467 e. The topological polar surface area (TPSA) is 58.6 Å².